The molecule has 2 aliphatic rings. The first kappa shape index (κ1) is 22.4. The van der Waals surface area contributed by atoms with Gasteiger partial charge in [-0.25, -0.2) is 13.4 Å². The lowest BCUT2D eigenvalue weighted by Gasteiger charge is -2.25. The average molecular weight is 467 g/mol. The number of halogens is 3. The fourth-order valence-electron chi connectivity index (χ4n) is 3.86. The van der Waals surface area contributed by atoms with Crippen LogP contribution in [0.2, 0.25) is 0 Å². The molecule has 2 unspecified atom stereocenters. The number of sulfone groups is 1. The standard InChI is InChI=1S/C21H20F3N3O4S/c1-12-18(28)17-16(9-25-12)15(13-2-4-14(5-3-13)21(22,23)24)8-26-19(17)27-10-20(29)6-7-32(30,31)11-20/h2-5,8-9,12,29H,6-7,10-11H2,1H3,(H,26,27). The van der Waals surface area contributed by atoms with E-state index in [-0.39, 0.29) is 41.6 Å². The number of benzene rings is 1. The number of nitrogens with one attached hydrogen (secondary N) is 1. The number of fused-ring (bicyclic) bond motifs is 1. The van der Waals surface area contributed by atoms with Gasteiger partial charge in [-0.2, -0.15) is 13.2 Å². The van der Waals surface area contributed by atoms with E-state index in [9.17, 15) is 31.5 Å². The Bertz CT molecular complexity index is 1210. The van der Waals surface area contributed by atoms with Gasteiger partial charge < -0.3 is 10.4 Å². The maximum Gasteiger partial charge on any atom is 0.416 e. The second-order valence-corrected chi connectivity index (χ2v) is 10.3. The summed E-state index contributed by atoms with van der Waals surface area (Å²) >= 11 is 0. The van der Waals surface area contributed by atoms with Crippen LogP contribution in [0.3, 0.4) is 0 Å². The number of carbonyl (C=O) groups excluding carboxylic acids is 1. The van der Waals surface area contributed by atoms with Crippen LogP contribution in [0, 0.1) is 0 Å². The number of ketones is 1. The molecule has 1 aromatic carbocycles. The molecule has 32 heavy (non-hydrogen) atoms. The minimum atomic E-state index is -4.47. The van der Waals surface area contributed by atoms with Crippen molar-refractivity contribution in [2.24, 2.45) is 4.99 Å². The maximum absolute atomic E-state index is 12.9. The number of aliphatic imine (C=N–C) groups is 1. The highest BCUT2D eigenvalue weighted by Crippen LogP contribution is 2.35. The quantitative estimate of drug-likeness (QED) is 0.716. The Kier molecular flexibility index (Phi) is 5.36. The number of alkyl halides is 3. The Hall–Kier alpha value is -2.79. The molecule has 0 bridgehead atoms. The number of rotatable bonds is 4. The summed E-state index contributed by atoms with van der Waals surface area (Å²) in [6, 6.07) is 3.83. The highest BCUT2D eigenvalue weighted by Gasteiger charge is 2.41. The Morgan fingerprint density at radius 1 is 1.25 bits per heavy atom. The number of carbonyl (C=O) groups is 1. The summed E-state index contributed by atoms with van der Waals surface area (Å²) < 4.78 is 62.1. The van der Waals surface area contributed by atoms with Crippen molar-refractivity contribution in [3.8, 4) is 11.1 Å². The zero-order valence-corrected chi connectivity index (χ0v) is 17.8. The molecule has 2 aromatic rings. The van der Waals surface area contributed by atoms with Crippen molar-refractivity contribution in [1.29, 1.82) is 0 Å². The van der Waals surface area contributed by atoms with Crippen LogP contribution in [0.25, 0.3) is 11.1 Å². The summed E-state index contributed by atoms with van der Waals surface area (Å²) in [7, 11) is -3.33. The van der Waals surface area contributed by atoms with Crippen LogP contribution in [0.4, 0.5) is 19.0 Å². The van der Waals surface area contributed by atoms with Crippen LogP contribution in [-0.4, -0.2) is 60.2 Å². The van der Waals surface area contributed by atoms with Gasteiger partial charge in [-0.15, -0.1) is 0 Å². The van der Waals surface area contributed by atoms with E-state index in [1.54, 1.807) is 6.92 Å². The van der Waals surface area contributed by atoms with E-state index >= 15 is 0 Å². The van der Waals surface area contributed by atoms with Gasteiger partial charge >= 0.3 is 6.18 Å². The first-order valence-corrected chi connectivity index (χ1v) is 11.7. The number of pyridine rings is 1. The third-order valence-corrected chi connectivity index (χ3v) is 7.45. The summed E-state index contributed by atoms with van der Waals surface area (Å²) in [5, 5.41) is 13.5. The van der Waals surface area contributed by atoms with Gasteiger partial charge in [0.1, 0.15) is 11.9 Å². The largest absolute Gasteiger partial charge is 0.416 e. The van der Waals surface area contributed by atoms with Gasteiger partial charge in [-0.3, -0.25) is 9.79 Å². The summed E-state index contributed by atoms with van der Waals surface area (Å²) in [5.74, 6) is -0.676. The number of anilines is 1. The Labute approximate surface area is 182 Å². The molecule has 1 fully saturated rings. The maximum atomic E-state index is 12.9. The van der Waals surface area contributed by atoms with Crippen LogP contribution in [0.1, 0.15) is 34.8 Å². The number of hydrogen-bond donors (Lipinski definition) is 2. The second-order valence-electron chi connectivity index (χ2n) is 8.12. The van der Waals surface area contributed by atoms with E-state index in [0.29, 0.717) is 16.7 Å². The Morgan fingerprint density at radius 2 is 1.94 bits per heavy atom. The van der Waals surface area contributed by atoms with Gasteiger partial charge in [0.2, 0.25) is 0 Å². The molecular weight excluding hydrogens is 447 g/mol. The van der Waals surface area contributed by atoms with Crippen LogP contribution < -0.4 is 5.32 Å². The molecule has 2 atom stereocenters. The monoisotopic (exact) mass is 467 g/mol. The van der Waals surface area contributed by atoms with Gasteiger partial charge in [-0.05, 0) is 31.0 Å². The molecular formula is C21H20F3N3O4S. The zero-order chi connectivity index (χ0) is 23.3. The Balaban J connectivity index is 1.70. The van der Waals surface area contributed by atoms with E-state index in [0.717, 1.165) is 12.1 Å². The first-order valence-electron chi connectivity index (χ1n) is 9.83. The van der Waals surface area contributed by atoms with Gasteiger partial charge in [0, 0.05) is 30.1 Å². The molecule has 2 N–H and O–H groups in total. The zero-order valence-electron chi connectivity index (χ0n) is 17.0. The molecule has 0 amide bonds. The molecule has 1 aromatic heterocycles. The minimum absolute atomic E-state index is 0.0694. The average Bonchev–Trinajstić information content (AvgIpc) is 3.01. The third kappa shape index (κ3) is 4.26. The van der Waals surface area contributed by atoms with Crippen molar-refractivity contribution in [1.82, 2.24) is 4.98 Å². The highest BCUT2D eigenvalue weighted by molar-refractivity contribution is 7.91. The van der Waals surface area contributed by atoms with E-state index in [2.05, 4.69) is 15.3 Å². The van der Waals surface area contributed by atoms with Gasteiger partial charge in [0.25, 0.3) is 0 Å². The fraction of sp³-hybridized carbons (Fsp3) is 0.381. The predicted octanol–water partition coefficient (Wildman–Crippen LogP) is 2.73. The summed E-state index contributed by atoms with van der Waals surface area (Å²) in [6.45, 7) is 1.48. The smallest absolute Gasteiger partial charge is 0.387 e. The van der Waals surface area contributed by atoms with Crippen LogP contribution in [-0.2, 0) is 16.0 Å². The number of aromatic nitrogens is 1. The number of hydrogen-bond acceptors (Lipinski definition) is 7. The highest BCUT2D eigenvalue weighted by atomic mass is 32.2. The third-order valence-electron chi connectivity index (χ3n) is 5.65. The number of nitrogens with zero attached hydrogens (tertiary/aromatic N) is 2. The van der Waals surface area contributed by atoms with Crippen LogP contribution in [0.5, 0.6) is 0 Å². The van der Waals surface area contributed by atoms with Crippen molar-refractivity contribution in [2.45, 2.75) is 31.2 Å². The summed E-state index contributed by atoms with van der Waals surface area (Å²) in [4.78, 5) is 21.3. The predicted molar refractivity (Wildman–Crippen MR) is 113 cm³/mol. The van der Waals surface area contributed by atoms with Crippen molar-refractivity contribution in [2.75, 3.05) is 23.4 Å². The Morgan fingerprint density at radius 3 is 2.53 bits per heavy atom. The van der Waals surface area contributed by atoms with Gasteiger partial charge in [0.15, 0.2) is 15.6 Å². The van der Waals surface area contributed by atoms with E-state index < -0.39 is 33.2 Å². The summed E-state index contributed by atoms with van der Waals surface area (Å²) in [5.41, 5.74) is -0.796. The molecule has 3 heterocycles. The van der Waals surface area contributed by atoms with E-state index in [1.165, 1.54) is 24.5 Å². The van der Waals surface area contributed by atoms with Crippen molar-refractivity contribution in [3.05, 3.63) is 47.2 Å². The lowest BCUT2D eigenvalue weighted by molar-refractivity contribution is -0.137. The van der Waals surface area contributed by atoms with E-state index in [4.69, 9.17) is 0 Å². The molecule has 0 saturated carbocycles. The molecule has 2 aliphatic heterocycles. The molecule has 11 heteroatoms. The number of Topliss-reactive ketones (excluding diaryl/α,β-unsaturated/α-hetero) is 1. The van der Waals surface area contributed by atoms with E-state index in [1.807, 2.05) is 0 Å². The molecule has 1 saturated heterocycles. The molecule has 4 rings (SSSR count). The second kappa shape index (κ2) is 7.66. The molecule has 0 aliphatic carbocycles. The van der Waals surface area contributed by atoms with Crippen LogP contribution >= 0.6 is 0 Å². The van der Waals surface area contributed by atoms with Crippen molar-refractivity contribution in [3.63, 3.8) is 0 Å². The van der Waals surface area contributed by atoms with Crippen molar-refractivity contribution >= 4 is 27.7 Å². The van der Waals surface area contributed by atoms with Crippen LogP contribution in [0.15, 0.2) is 35.5 Å². The SMILES string of the molecule is CC1N=Cc2c(-c3ccc(C(F)(F)F)cc3)cnc(NCC3(O)CCS(=O)(=O)C3)c2C1=O. The minimum Gasteiger partial charge on any atom is -0.387 e. The molecule has 0 spiro atoms. The summed E-state index contributed by atoms with van der Waals surface area (Å²) in [6.07, 6.45) is -1.50. The normalized spacial score (nSPS) is 24.4. The lowest BCUT2D eigenvalue weighted by Crippen LogP contribution is -2.38. The topological polar surface area (TPSA) is 109 Å². The van der Waals surface area contributed by atoms with Crippen molar-refractivity contribution < 1.29 is 31.5 Å². The first-order chi connectivity index (χ1) is 14.9. The molecule has 7 nitrogen and oxygen atoms in total. The van der Waals surface area contributed by atoms with Gasteiger partial charge in [0.05, 0.1) is 28.2 Å². The lowest BCUT2D eigenvalue weighted by atomic mass is 9.91. The fourth-order valence-corrected chi connectivity index (χ4v) is 5.76. The van der Waals surface area contributed by atoms with Gasteiger partial charge in [-0.1, -0.05) is 12.1 Å². The number of aliphatic hydroxyl groups is 1. The molecule has 0 radical (unpaired) electrons. The molecule has 170 valence electrons.